The number of esters is 1. The molecule has 0 aromatic carbocycles. The Morgan fingerprint density at radius 2 is 2.00 bits per heavy atom. The summed E-state index contributed by atoms with van der Waals surface area (Å²) in [4.78, 5) is 12.0. The van der Waals surface area contributed by atoms with Crippen molar-refractivity contribution in [1.29, 1.82) is 0 Å². The highest BCUT2D eigenvalue weighted by molar-refractivity contribution is 5.87. The van der Waals surface area contributed by atoms with Crippen LogP contribution in [-0.4, -0.2) is 11.6 Å². The highest BCUT2D eigenvalue weighted by atomic mass is 16.6. The lowest BCUT2D eigenvalue weighted by Crippen LogP contribution is -2.51. The molecule has 2 heteroatoms. The average molecular weight is 248 g/mol. The molecular formula is C16H24O2. The molecule has 18 heavy (non-hydrogen) atoms. The van der Waals surface area contributed by atoms with E-state index in [-0.39, 0.29) is 11.6 Å². The van der Waals surface area contributed by atoms with Gasteiger partial charge in [-0.25, -0.2) is 4.79 Å². The Balaban J connectivity index is 1.93. The van der Waals surface area contributed by atoms with Crippen molar-refractivity contribution in [3.8, 4) is 0 Å². The first-order valence-corrected chi connectivity index (χ1v) is 7.34. The summed E-state index contributed by atoms with van der Waals surface area (Å²) in [5, 5.41) is 0. The number of carbonyl (C=O) groups is 1. The summed E-state index contributed by atoms with van der Waals surface area (Å²) in [6, 6.07) is 0. The summed E-state index contributed by atoms with van der Waals surface area (Å²) in [7, 11) is 0. The molecule has 0 aromatic heterocycles. The standard InChI is InChI=1S/C16H24O2/c1-9(2)15(17)18-16(10(3)4)13-6-11-5-12(8-13)14(16)7-11/h10-14H,1,5-8H2,2-4H3. The Labute approximate surface area is 110 Å². The van der Waals surface area contributed by atoms with E-state index in [4.69, 9.17) is 4.74 Å². The Bertz CT molecular complexity index is 394. The Kier molecular flexibility index (Phi) is 2.62. The Morgan fingerprint density at radius 3 is 2.56 bits per heavy atom. The summed E-state index contributed by atoms with van der Waals surface area (Å²) >= 11 is 0. The minimum absolute atomic E-state index is 0.181. The summed E-state index contributed by atoms with van der Waals surface area (Å²) in [6.07, 6.45) is 5.21. The van der Waals surface area contributed by atoms with Gasteiger partial charge in [-0.15, -0.1) is 0 Å². The van der Waals surface area contributed by atoms with Gasteiger partial charge in [-0.2, -0.15) is 0 Å². The molecule has 5 atom stereocenters. The van der Waals surface area contributed by atoms with E-state index >= 15 is 0 Å². The van der Waals surface area contributed by atoms with Crippen LogP contribution in [0.1, 0.15) is 46.5 Å². The van der Waals surface area contributed by atoms with Crippen LogP contribution < -0.4 is 0 Å². The second-order valence-corrected chi connectivity index (χ2v) is 7.05. The second-order valence-electron chi connectivity index (χ2n) is 7.05. The van der Waals surface area contributed by atoms with Crippen molar-refractivity contribution in [2.75, 3.05) is 0 Å². The molecule has 0 amide bonds. The van der Waals surface area contributed by atoms with Crippen LogP contribution in [0.2, 0.25) is 0 Å². The highest BCUT2D eigenvalue weighted by Gasteiger charge is 2.65. The van der Waals surface area contributed by atoms with E-state index in [2.05, 4.69) is 20.4 Å². The number of hydrogen-bond acceptors (Lipinski definition) is 2. The van der Waals surface area contributed by atoms with Crippen molar-refractivity contribution in [2.24, 2.45) is 29.6 Å². The number of ether oxygens (including phenoxy) is 1. The monoisotopic (exact) mass is 248 g/mol. The molecular weight excluding hydrogens is 224 g/mol. The van der Waals surface area contributed by atoms with E-state index in [0.29, 0.717) is 23.3 Å². The van der Waals surface area contributed by atoms with Crippen LogP contribution in [-0.2, 0) is 9.53 Å². The quantitative estimate of drug-likeness (QED) is 0.564. The van der Waals surface area contributed by atoms with Gasteiger partial charge in [-0.1, -0.05) is 20.4 Å². The first-order chi connectivity index (χ1) is 8.45. The van der Waals surface area contributed by atoms with Crippen LogP contribution >= 0.6 is 0 Å². The normalized spacial score (nSPS) is 44.7. The van der Waals surface area contributed by atoms with Gasteiger partial charge in [0.05, 0.1) is 0 Å². The van der Waals surface area contributed by atoms with Crippen molar-refractivity contribution in [3.05, 3.63) is 12.2 Å². The van der Waals surface area contributed by atoms with E-state index < -0.39 is 0 Å². The molecule has 2 nitrogen and oxygen atoms in total. The summed E-state index contributed by atoms with van der Waals surface area (Å²) in [5.74, 6) is 3.18. The molecule has 4 aliphatic carbocycles. The third kappa shape index (κ3) is 1.44. The fraction of sp³-hybridized carbons (Fsp3) is 0.812. The van der Waals surface area contributed by atoms with Crippen LogP contribution in [0, 0.1) is 29.6 Å². The molecule has 0 aromatic rings. The lowest BCUT2D eigenvalue weighted by molar-refractivity contribution is -0.179. The fourth-order valence-corrected chi connectivity index (χ4v) is 5.21. The van der Waals surface area contributed by atoms with Gasteiger partial charge in [0.1, 0.15) is 5.60 Å². The topological polar surface area (TPSA) is 26.3 Å². The van der Waals surface area contributed by atoms with Crippen molar-refractivity contribution < 1.29 is 9.53 Å². The molecule has 0 saturated heterocycles. The van der Waals surface area contributed by atoms with Crippen LogP contribution in [0.4, 0.5) is 0 Å². The maximum atomic E-state index is 12.0. The van der Waals surface area contributed by atoms with Gasteiger partial charge >= 0.3 is 5.97 Å². The maximum Gasteiger partial charge on any atom is 0.333 e. The van der Waals surface area contributed by atoms with Gasteiger partial charge in [0.15, 0.2) is 0 Å². The highest BCUT2D eigenvalue weighted by Crippen LogP contribution is 2.66. The van der Waals surface area contributed by atoms with E-state index in [1.807, 2.05) is 0 Å². The number of hydrogen-bond donors (Lipinski definition) is 0. The SMILES string of the molecule is C=C(C)C(=O)OC1(C(C)C)C2CC3CC(C2)C1C3. The van der Waals surface area contributed by atoms with Gasteiger partial charge in [-0.3, -0.25) is 0 Å². The van der Waals surface area contributed by atoms with Crippen molar-refractivity contribution in [3.63, 3.8) is 0 Å². The van der Waals surface area contributed by atoms with E-state index in [0.717, 1.165) is 11.8 Å². The molecule has 4 aliphatic rings. The van der Waals surface area contributed by atoms with Gasteiger partial charge in [-0.05, 0) is 56.3 Å². The Morgan fingerprint density at radius 1 is 1.28 bits per heavy atom. The molecule has 0 N–H and O–H groups in total. The van der Waals surface area contributed by atoms with Gasteiger partial charge in [0.2, 0.25) is 0 Å². The minimum Gasteiger partial charge on any atom is -0.455 e. The van der Waals surface area contributed by atoms with E-state index in [1.165, 1.54) is 25.7 Å². The van der Waals surface area contributed by atoms with Crippen LogP contribution in [0.25, 0.3) is 0 Å². The summed E-state index contributed by atoms with van der Waals surface area (Å²) in [5.41, 5.74) is 0.348. The molecule has 0 heterocycles. The van der Waals surface area contributed by atoms with Crippen LogP contribution in [0.15, 0.2) is 12.2 Å². The molecule has 4 bridgehead atoms. The van der Waals surface area contributed by atoms with Gasteiger partial charge < -0.3 is 4.74 Å². The zero-order valence-corrected chi connectivity index (χ0v) is 11.7. The van der Waals surface area contributed by atoms with Gasteiger partial charge in [0.25, 0.3) is 0 Å². The van der Waals surface area contributed by atoms with Crippen molar-refractivity contribution in [2.45, 2.75) is 52.1 Å². The molecule has 4 rings (SSSR count). The number of rotatable bonds is 3. The first-order valence-electron chi connectivity index (χ1n) is 7.34. The molecule has 0 radical (unpaired) electrons. The minimum atomic E-state index is -0.187. The van der Waals surface area contributed by atoms with E-state index in [9.17, 15) is 4.79 Å². The molecule has 5 unspecified atom stereocenters. The summed E-state index contributed by atoms with van der Waals surface area (Å²) < 4.78 is 6.05. The molecule has 0 spiro atoms. The predicted octanol–water partition coefficient (Wildman–Crippen LogP) is 3.57. The third-order valence-corrected chi connectivity index (χ3v) is 5.74. The lowest BCUT2D eigenvalue weighted by Gasteiger charge is -2.46. The fourth-order valence-electron chi connectivity index (χ4n) is 5.21. The lowest BCUT2D eigenvalue weighted by atomic mass is 9.67. The van der Waals surface area contributed by atoms with Crippen molar-refractivity contribution in [1.82, 2.24) is 0 Å². The molecule has 4 saturated carbocycles. The smallest absolute Gasteiger partial charge is 0.333 e. The van der Waals surface area contributed by atoms with Crippen LogP contribution in [0.5, 0.6) is 0 Å². The second kappa shape index (κ2) is 3.85. The van der Waals surface area contributed by atoms with E-state index in [1.54, 1.807) is 6.92 Å². The first kappa shape index (κ1) is 12.3. The van der Waals surface area contributed by atoms with Crippen LogP contribution in [0.3, 0.4) is 0 Å². The predicted molar refractivity (Wildman–Crippen MR) is 70.9 cm³/mol. The molecule has 4 fully saturated rings. The zero-order chi connectivity index (χ0) is 13.1. The molecule has 0 aliphatic heterocycles. The third-order valence-electron chi connectivity index (χ3n) is 5.74. The summed E-state index contributed by atoms with van der Waals surface area (Å²) in [6.45, 7) is 9.93. The average Bonchev–Trinajstić information content (AvgIpc) is 2.69. The Hall–Kier alpha value is -0.790. The zero-order valence-electron chi connectivity index (χ0n) is 11.7. The maximum absolute atomic E-state index is 12.0. The number of carbonyl (C=O) groups excluding carboxylic acids is 1. The van der Waals surface area contributed by atoms with Gasteiger partial charge in [0, 0.05) is 11.5 Å². The molecule has 100 valence electrons. The largest absolute Gasteiger partial charge is 0.455 e. The van der Waals surface area contributed by atoms with Crippen molar-refractivity contribution >= 4 is 5.97 Å².